The fourth-order valence-electron chi connectivity index (χ4n) is 4.15. The van der Waals surface area contributed by atoms with Gasteiger partial charge in [-0.15, -0.1) is 0 Å². The first-order valence-corrected chi connectivity index (χ1v) is 13.6. The maximum atomic E-state index is 13.0. The summed E-state index contributed by atoms with van der Waals surface area (Å²) in [5.41, 5.74) is 3.29. The molecule has 1 fully saturated rings. The number of hydrogen-bond acceptors (Lipinski definition) is 5. The first kappa shape index (κ1) is 23.3. The highest BCUT2D eigenvalue weighted by molar-refractivity contribution is 9.10. The van der Waals surface area contributed by atoms with Crippen LogP contribution in [0.25, 0.3) is 16.9 Å². The third-order valence-electron chi connectivity index (χ3n) is 6.04. The van der Waals surface area contributed by atoms with Crippen molar-refractivity contribution in [3.05, 3.63) is 75.9 Å². The van der Waals surface area contributed by atoms with Crippen LogP contribution < -0.4 is 5.32 Å². The maximum Gasteiger partial charge on any atom is 0.243 e. The highest BCUT2D eigenvalue weighted by atomic mass is 79.9. The van der Waals surface area contributed by atoms with Crippen LogP contribution >= 0.6 is 27.5 Å². The molecule has 176 valence electrons. The molecule has 0 saturated carbocycles. The van der Waals surface area contributed by atoms with Crippen molar-refractivity contribution in [1.82, 2.24) is 18.9 Å². The molecule has 10 heteroatoms. The van der Waals surface area contributed by atoms with Crippen LogP contribution in [0.1, 0.15) is 18.4 Å². The van der Waals surface area contributed by atoms with E-state index in [0.29, 0.717) is 41.5 Å². The Kier molecular flexibility index (Phi) is 6.37. The van der Waals surface area contributed by atoms with Crippen LogP contribution in [0.4, 0.5) is 5.82 Å². The lowest BCUT2D eigenvalue weighted by molar-refractivity contribution is 0.329. The monoisotopic (exact) mass is 559 g/mol. The number of aryl methyl sites for hydroxylation is 1. The minimum absolute atomic E-state index is 0.0946. The normalized spacial score (nSPS) is 15.6. The van der Waals surface area contributed by atoms with Gasteiger partial charge in [0.05, 0.1) is 21.3 Å². The zero-order valence-corrected chi connectivity index (χ0v) is 21.6. The smallest absolute Gasteiger partial charge is 0.243 e. The number of aromatic nitrogens is 3. The van der Waals surface area contributed by atoms with Crippen molar-refractivity contribution < 1.29 is 8.42 Å². The lowest BCUT2D eigenvalue weighted by Gasteiger charge is -2.32. The number of piperidine rings is 1. The standard InChI is InChI=1S/C24H23BrClN5O2S/c1-16-6-8-18(9-7-16)34(32,33)30-12-10-17(11-13-30)28-23-14-22(19-4-2-3-5-21(19)26)29-24-20(25)15-27-31(23)24/h2-9,14-15,17,28H,10-13H2,1H3. The van der Waals surface area contributed by atoms with Crippen molar-refractivity contribution in [3.63, 3.8) is 0 Å². The topological polar surface area (TPSA) is 79.6 Å². The lowest BCUT2D eigenvalue weighted by Crippen LogP contribution is -2.42. The molecule has 2 aromatic heterocycles. The number of anilines is 1. The van der Waals surface area contributed by atoms with E-state index in [1.54, 1.807) is 27.2 Å². The fraction of sp³-hybridized carbons (Fsp3) is 0.250. The fourth-order valence-corrected chi connectivity index (χ4v) is 6.21. The van der Waals surface area contributed by atoms with Crippen LogP contribution in [0, 0.1) is 6.92 Å². The summed E-state index contributed by atoms with van der Waals surface area (Å²) < 4.78 is 30.2. The average Bonchev–Trinajstić information content (AvgIpc) is 3.21. The summed E-state index contributed by atoms with van der Waals surface area (Å²) >= 11 is 9.96. The van der Waals surface area contributed by atoms with Crippen molar-refractivity contribution in [2.45, 2.75) is 30.7 Å². The van der Waals surface area contributed by atoms with E-state index >= 15 is 0 Å². The molecule has 7 nitrogen and oxygen atoms in total. The van der Waals surface area contributed by atoms with Gasteiger partial charge in [-0.1, -0.05) is 47.5 Å². The Morgan fingerprint density at radius 3 is 2.50 bits per heavy atom. The highest BCUT2D eigenvalue weighted by Gasteiger charge is 2.29. The number of fused-ring (bicyclic) bond motifs is 1. The van der Waals surface area contributed by atoms with Crippen LogP contribution in [0.5, 0.6) is 0 Å². The first-order chi connectivity index (χ1) is 16.3. The molecule has 1 N–H and O–H groups in total. The Morgan fingerprint density at radius 2 is 1.79 bits per heavy atom. The van der Waals surface area contributed by atoms with Crippen molar-refractivity contribution in [2.75, 3.05) is 18.4 Å². The maximum absolute atomic E-state index is 13.0. The van der Waals surface area contributed by atoms with E-state index in [4.69, 9.17) is 16.6 Å². The molecular weight excluding hydrogens is 538 g/mol. The summed E-state index contributed by atoms with van der Waals surface area (Å²) in [6, 6.07) is 16.6. The molecule has 0 radical (unpaired) electrons. The molecule has 1 aliphatic rings. The summed E-state index contributed by atoms with van der Waals surface area (Å²) in [7, 11) is -3.50. The molecule has 2 aromatic carbocycles. The zero-order valence-electron chi connectivity index (χ0n) is 18.4. The molecule has 1 aliphatic heterocycles. The summed E-state index contributed by atoms with van der Waals surface area (Å²) in [5.74, 6) is 0.783. The molecule has 0 aliphatic carbocycles. The molecule has 0 unspecified atom stereocenters. The van der Waals surface area contributed by atoms with E-state index in [1.165, 1.54) is 0 Å². The van der Waals surface area contributed by atoms with Crippen molar-refractivity contribution in [2.24, 2.45) is 0 Å². The lowest BCUT2D eigenvalue weighted by atomic mass is 10.1. The average molecular weight is 561 g/mol. The third kappa shape index (κ3) is 4.45. The Hall–Kier alpha value is -2.46. The number of rotatable bonds is 5. The van der Waals surface area contributed by atoms with Gasteiger partial charge in [-0.2, -0.15) is 13.9 Å². The largest absolute Gasteiger partial charge is 0.367 e. The molecule has 5 rings (SSSR count). The van der Waals surface area contributed by atoms with Gasteiger partial charge in [-0.3, -0.25) is 0 Å². The molecule has 1 saturated heterocycles. The predicted molar refractivity (Wildman–Crippen MR) is 138 cm³/mol. The van der Waals surface area contributed by atoms with Gasteiger partial charge in [0.2, 0.25) is 10.0 Å². The Labute approximate surface area is 211 Å². The van der Waals surface area contributed by atoms with Crippen LogP contribution in [-0.4, -0.2) is 46.5 Å². The Morgan fingerprint density at radius 1 is 1.09 bits per heavy atom. The third-order valence-corrected chi connectivity index (χ3v) is 8.85. The second-order valence-electron chi connectivity index (χ2n) is 8.37. The highest BCUT2D eigenvalue weighted by Crippen LogP contribution is 2.31. The summed E-state index contributed by atoms with van der Waals surface area (Å²) in [5, 5.41) is 8.63. The minimum atomic E-state index is -3.50. The quantitative estimate of drug-likeness (QED) is 0.354. The van der Waals surface area contributed by atoms with E-state index in [2.05, 4.69) is 26.3 Å². The summed E-state index contributed by atoms with van der Waals surface area (Å²) in [6.07, 6.45) is 3.07. The van der Waals surface area contributed by atoms with E-state index in [1.807, 2.05) is 49.4 Å². The van der Waals surface area contributed by atoms with E-state index in [9.17, 15) is 8.42 Å². The first-order valence-electron chi connectivity index (χ1n) is 11.0. The number of sulfonamides is 1. The molecule has 0 spiro atoms. The SMILES string of the molecule is Cc1ccc(S(=O)(=O)N2CCC(Nc3cc(-c4ccccc4Cl)nc4c(Br)cnn34)CC2)cc1. The van der Waals surface area contributed by atoms with Gasteiger partial charge in [0, 0.05) is 35.8 Å². The van der Waals surface area contributed by atoms with E-state index in [0.717, 1.165) is 27.1 Å². The summed E-state index contributed by atoms with van der Waals surface area (Å²) in [6.45, 7) is 2.84. The van der Waals surface area contributed by atoms with Gasteiger partial charge >= 0.3 is 0 Å². The molecule has 0 bridgehead atoms. The molecule has 0 atom stereocenters. The van der Waals surface area contributed by atoms with Crippen molar-refractivity contribution >= 4 is 49.0 Å². The number of nitrogens with zero attached hydrogens (tertiary/aromatic N) is 4. The van der Waals surface area contributed by atoms with Gasteiger partial charge in [0.25, 0.3) is 0 Å². The number of halogens is 2. The predicted octanol–water partition coefficient (Wildman–Crippen LogP) is 5.39. The molecule has 3 heterocycles. The number of hydrogen-bond donors (Lipinski definition) is 1. The van der Waals surface area contributed by atoms with Gasteiger partial charge < -0.3 is 5.32 Å². The van der Waals surface area contributed by atoms with Crippen LogP contribution in [-0.2, 0) is 10.0 Å². The van der Waals surface area contributed by atoms with E-state index in [-0.39, 0.29) is 6.04 Å². The van der Waals surface area contributed by atoms with Crippen LogP contribution in [0.2, 0.25) is 5.02 Å². The second kappa shape index (κ2) is 9.30. The van der Waals surface area contributed by atoms with Crippen molar-refractivity contribution in [1.29, 1.82) is 0 Å². The van der Waals surface area contributed by atoms with Crippen molar-refractivity contribution in [3.8, 4) is 11.3 Å². The van der Waals surface area contributed by atoms with Gasteiger partial charge in [-0.25, -0.2) is 13.4 Å². The Bertz CT molecular complexity index is 1450. The van der Waals surface area contributed by atoms with Gasteiger partial charge in [-0.05, 0) is 53.9 Å². The van der Waals surface area contributed by atoms with Gasteiger partial charge in [0.1, 0.15) is 5.82 Å². The second-order valence-corrected chi connectivity index (χ2v) is 11.6. The van der Waals surface area contributed by atoms with Crippen LogP contribution in [0.15, 0.2) is 70.2 Å². The summed E-state index contributed by atoms with van der Waals surface area (Å²) in [4.78, 5) is 5.08. The molecular formula is C24H23BrClN5O2S. The Balaban J connectivity index is 1.37. The number of nitrogens with one attached hydrogen (secondary N) is 1. The van der Waals surface area contributed by atoms with Gasteiger partial charge in [0.15, 0.2) is 5.65 Å². The zero-order chi connectivity index (χ0) is 23.9. The number of benzene rings is 2. The van der Waals surface area contributed by atoms with E-state index < -0.39 is 10.0 Å². The molecule has 34 heavy (non-hydrogen) atoms. The molecule has 4 aromatic rings. The van der Waals surface area contributed by atoms with Crippen LogP contribution in [0.3, 0.4) is 0 Å². The molecule has 0 amide bonds. The minimum Gasteiger partial charge on any atom is -0.367 e.